The fourth-order valence-corrected chi connectivity index (χ4v) is 2.75. The van der Waals surface area contributed by atoms with E-state index in [4.69, 9.17) is 15.2 Å². The molecule has 1 aromatic rings. The minimum atomic E-state index is -3.52. The van der Waals surface area contributed by atoms with Gasteiger partial charge in [-0.2, -0.15) is 0 Å². The normalized spacial score (nSPS) is 15.6. The highest BCUT2D eigenvalue weighted by Gasteiger charge is 2.24. The highest BCUT2D eigenvalue weighted by atomic mass is 32.2. The van der Waals surface area contributed by atoms with Gasteiger partial charge in [-0.05, 0) is 30.9 Å². The lowest BCUT2D eigenvalue weighted by molar-refractivity contribution is 0.165. The first-order valence-corrected chi connectivity index (χ1v) is 7.42. The molecule has 6 heteroatoms. The molecule has 2 N–H and O–H groups in total. The number of sulfone groups is 1. The van der Waals surface area contributed by atoms with Crippen LogP contribution in [-0.4, -0.2) is 28.1 Å². The smallest absolute Gasteiger partial charge is 0.204 e. The second kappa shape index (κ2) is 5.16. The van der Waals surface area contributed by atoms with Crippen molar-refractivity contribution in [1.29, 1.82) is 0 Å². The molecule has 0 spiro atoms. The summed E-state index contributed by atoms with van der Waals surface area (Å²) in [6.07, 6.45) is 2.25. The van der Waals surface area contributed by atoms with Gasteiger partial charge in [-0.15, -0.1) is 0 Å². The van der Waals surface area contributed by atoms with Gasteiger partial charge in [-0.1, -0.05) is 0 Å². The highest BCUT2D eigenvalue weighted by Crippen LogP contribution is 2.30. The summed E-state index contributed by atoms with van der Waals surface area (Å²) in [7, 11) is -2.04. The molecule has 1 saturated carbocycles. The Hall–Kier alpha value is -1.27. The van der Waals surface area contributed by atoms with Crippen LogP contribution in [0.1, 0.15) is 12.8 Å². The number of nitrogen functional groups attached to an aromatic ring is 1. The Balaban J connectivity index is 2.11. The molecule has 0 aliphatic heterocycles. The molecule has 100 valence electrons. The highest BCUT2D eigenvalue weighted by molar-refractivity contribution is 7.91. The minimum absolute atomic E-state index is 0.0673. The lowest BCUT2D eigenvalue weighted by atomic mass is 10.3. The van der Waals surface area contributed by atoms with Crippen LogP contribution in [0, 0.1) is 5.92 Å². The Morgan fingerprint density at radius 1 is 1.39 bits per heavy atom. The van der Waals surface area contributed by atoms with Crippen LogP contribution >= 0.6 is 0 Å². The van der Waals surface area contributed by atoms with Crippen LogP contribution < -0.4 is 10.5 Å². The molecule has 18 heavy (non-hydrogen) atoms. The van der Waals surface area contributed by atoms with Gasteiger partial charge in [0.05, 0.1) is 24.3 Å². The van der Waals surface area contributed by atoms with E-state index in [1.807, 2.05) is 0 Å². The fourth-order valence-electron chi connectivity index (χ4n) is 1.58. The molecule has 0 bridgehead atoms. The Kier molecular flexibility index (Phi) is 3.77. The van der Waals surface area contributed by atoms with Crippen LogP contribution in [-0.2, 0) is 14.6 Å². The maximum atomic E-state index is 12.1. The van der Waals surface area contributed by atoms with E-state index in [2.05, 4.69) is 0 Å². The monoisotopic (exact) mass is 271 g/mol. The van der Waals surface area contributed by atoms with E-state index in [-0.39, 0.29) is 16.5 Å². The van der Waals surface area contributed by atoms with E-state index in [0.29, 0.717) is 18.3 Å². The van der Waals surface area contributed by atoms with Gasteiger partial charge in [0.25, 0.3) is 0 Å². The van der Waals surface area contributed by atoms with Crippen molar-refractivity contribution in [2.75, 3.05) is 25.4 Å². The van der Waals surface area contributed by atoms with E-state index in [1.54, 1.807) is 6.07 Å². The second-order valence-electron chi connectivity index (χ2n) is 4.45. The zero-order chi connectivity index (χ0) is 13.2. The first kappa shape index (κ1) is 13.2. The van der Waals surface area contributed by atoms with Gasteiger partial charge in [0.2, 0.25) is 9.84 Å². The second-order valence-corrected chi connectivity index (χ2v) is 6.36. The van der Waals surface area contributed by atoms with Gasteiger partial charge in [0, 0.05) is 6.07 Å². The Morgan fingerprint density at radius 3 is 2.72 bits per heavy atom. The Labute approximate surface area is 107 Å². The summed E-state index contributed by atoms with van der Waals surface area (Å²) in [5, 5.41) is 0. The molecule has 0 radical (unpaired) electrons. The summed E-state index contributed by atoms with van der Waals surface area (Å²) in [6, 6.07) is 4.57. The van der Waals surface area contributed by atoms with Crippen molar-refractivity contribution < 1.29 is 17.9 Å². The fraction of sp³-hybridized carbons (Fsp3) is 0.500. The zero-order valence-corrected chi connectivity index (χ0v) is 11.1. The summed E-state index contributed by atoms with van der Waals surface area (Å²) in [5.41, 5.74) is 5.90. The standard InChI is InChI=1S/C12H17NO4S/c1-16-10-4-5-11(13)12(6-10)18(14,15)8-17-7-9-2-3-9/h4-6,9H,2-3,7-8,13H2,1H3. The van der Waals surface area contributed by atoms with E-state index in [9.17, 15) is 8.42 Å². The SMILES string of the molecule is COc1ccc(N)c(S(=O)(=O)COCC2CC2)c1. The molecular formula is C12H17NO4S. The number of hydrogen-bond acceptors (Lipinski definition) is 5. The molecule has 1 aliphatic rings. The number of rotatable bonds is 6. The molecule has 1 aromatic carbocycles. The quantitative estimate of drug-likeness (QED) is 0.792. The van der Waals surface area contributed by atoms with Crippen LogP contribution in [0.2, 0.25) is 0 Å². The van der Waals surface area contributed by atoms with E-state index >= 15 is 0 Å². The number of benzene rings is 1. The summed E-state index contributed by atoms with van der Waals surface area (Å²) >= 11 is 0. The first-order valence-electron chi connectivity index (χ1n) is 5.77. The number of anilines is 1. The van der Waals surface area contributed by atoms with Crippen LogP contribution in [0.5, 0.6) is 5.75 Å². The zero-order valence-electron chi connectivity index (χ0n) is 10.3. The van der Waals surface area contributed by atoms with Crippen LogP contribution in [0.15, 0.2) is 23.1 Å². The van der Waals surface area contributed by atoms with Gasteiger partial charge in [-0.25, -0.2) is 8.42 Å². The summed E-state index contributed by atoms with van der Waals surface area (Å²) < 4.78 is 34.3. The third-order valence-corrected chi connectivity index (χ3v) is 4.35. The predicted octanol–water partition coefficient (Wildman–Crippen LogP) is 1.44. The molecule has 0 atom stereocenters. The molecule has 0 aromatic heterocycles. The molecule has 1 aliphatic carbocycles. The van der Waals surface area contributed by atoms with E-state index < -0.39 is 9.84 Å². The van der Waals surface area contributed by atoms with Crippen molar-refractivity contribution in [3.05, 3.63) is 18.2 Å². The molecule has 1 fully saturated rings. The van der Waals surface area contributed by atoms with Gasteiger partial charge in [0.15, 0.2) is 5.94 Å². The van der Waals surface area contributed by atoms with Gasteiger partial charge >= 0.3 is 0 Å². The third kappa shape index (κ3) is 3.14. The topological polar surface area (TPSA) is 78.6 Å². The van der Waals surface area contributed by atoms with Crippen LogP contribution in [0.4, 0.5) is 5.69 Å². The molecule has 0 amide bonds. The predicted molar refractivity (Wildman–Crippen MR) is 68.1 cm³/mol. The number of hydrogen-bond donors (Lipinski definition) is 1. The van der Waals surface area contributed by atoms with E-state index in [0.717, 1.165) is 12.8 Å². The summed E-state index contributed by atoms with van der Waals surface area (Å²) in [5.74, 6) is 0.661. The molecule has 2 rings (SSSR count). The number of methoxy groups -OCH3 is 1. The van der Waals surface area contributed by atoms with Gasteiger partial charge in [0.1, 0.15) is 5.75 Å². The van der Waals surface area contributed by atoms with Crippen molar-refractivity contribution in [3.63, 3.8) is 0 Å². The van der Waals surface area contributed by atoms with Gasteiger partial charge in [-0.3, -0.25) is 0 Å². The molecule has 0 heterocycles. The van der Waals surface area contributed by atoms with Crippen molar-refractivity contribution in [2.24, 2.45) is 5.92 Å². The van der Waals surface area contributed by atoms with Crippen molar-refractivity contribution >= 4 is 15.5 Å². The maximum absolute atomic E-state index is 12.1. The van der Waals surface area contributed by atoms with Crippen LogP contribution in [0.25, 0.3) is 0 Å². The molecule has 0 unspecified atom stereocenters. The number of ether oxygens (including phenoxy) is 2. The maximum Gasteiger partial charge on any atom is 0.204 e. The summed E-state index contributed by atoms with van der Waals surface area (Å²) in [4.78, 5) is 0.0673. The first-order chi connectivity index (χ1) is 8.53. The average Bonchev–Trinajstić information content (AvgIpc) is 3.13. The molecule has 0 saturated heterocycles. The average molecular weight is 271 g/mol. The van der Waals surface area contributed by atoms with Crippen molar-refractivity contribution in [1.82, 2.24) is 0 Å². The molecule has 5 nitrogen and oxygen atoms in total. The van der Waals surface area contributed by atoms with Gasteiger partial charge < -0.3 is 15.2 Å². The minimum Gasteiger partial charge on any atom is -0.497 e. The van der Waals surface area contributed by atoms with Crippen molar-refractivity contribution in [3.8, 4) is 5.75 Å². The van der Waals surface area contributed by atoms with E-state index in [1.165, 1.54) is 19.2 Å². The van der Waals surface area contributed by atoms with Crippen LogP contribution in [0.3, 0.4) is 0 Å². The third-order valence-electron chi connectivity index (χ3n) is 2.84. The Morgan fingerprint density at radius 2 is 2.11 bits per heavy atom. The lowest BCUT2D eigenvalue weighted by Gasteiger charge is -2.09. The summed E-state index contributed by atoms with van der Waals surface area (Å²) in [6.45, 7) is 0.503. The lowest BCUT2D eigenvalue weighted by Crippen LogP contribution is -2.13. The largest absolute Gasteiger partial charge is 0.497 e. The Bertz CT molecular complexity index is 523. The number of nitrogens with two attached hydrogens (primary N) is 1. The molecular weight excluding hydrogens is 254 g/mol. The van der Waals surface area contributed by atoms with Crippen molar-refractivity contribution in [2.45, 2.75) is 17.7 Å².